The van der Waals surface area contributed by atoms with Crippen molar-refractivity contribution in [2.75, 3.05) is 20.1 Å². The molecule has 14 heavy (non-hydrogen) atoms. The van der Waals surface area contributed by atoms with Crippen LogP contribution in [0.3, 0.4) is 0 Å². The van der Waals surface area contributed by atoms with Crippen LogP contribution in [0.15, 0.2) is 24.3 Å². The molecular weight excluding hydrogens is 176 g/mol. The van der Waals surface area contributed by atoms with Crippen LogP contribution < -0.4 is 10.6 Å². The van der Waals surface area contributed by atoms with Gasteiger partial charge in [0.15, 0.2) is 0 Å². The van der Waals surface area contributed by atoms with Crippen LogP contribution in [0, 0.1) is 6.92 Å². The van der Waals surface area contributed by atoms with E-state index in [1.165, 1.54) is 0 Å². The van der Waals surface area contributed by atoms with E-state index in [9.17, 15) is 4.79 Å². The summed E-state index contributed by atoms with van der Waals surface area (Å²) < 4.78 is 0. The summed E-state index contributed by atoms with van der Waals surface area (Å²) in [5.41, 5.74) is 1.76. The van der Waals surface area contributed by atoms with Crippen molar-refractivity contribution < 1.29 is 4.79 Å². The quantitative estimate of drug-likeness (QED) is 0.697. The molecule has 0 aliphatic rings. The van der Waals surface area contributed by atoms with E-state index >= 15 is 0 Å². The summed E-state index contributed by atoms with van der Waals surface area (Å²) in [4.78, 5) is 11.6. The molecule has 0 unspecified atom stereocenters. The average Bonchev–Trinajstić information content (AvgIpc) is 2.18. The predicted octanol–water partition coefficient (Wildman–Crippen LogP) is 0.944. The van der Waals surface area contributed by atoms with Crippen molar-refractivity contribution >= 4 is 5.91 Å². The van der Waals surface area contributed by atoms with Gasteiger partial charge in [-0.15, -0.1) is 0 Å². The van der Waals surface area contributed by atoms with Crippen LogP contribution in [-0.4, -0.2) is 26.0 Å². The Bertz CT molecular complexity index is 310. The molecule has 0 heterocycles. The van der Waals surface area contributed by atoms with E-state index in [1.807, 2.05) is 38.2 Å². The number of aryl methyl sites for hydroxylation is 1. The SMILES string of the molecule is CNCCNC(=O)c1ccccc1C. The second-order valence-corrected chi connectivity index (χ2v) is 3.17. The van der Waals surface area contributed by atoms with Crippen LogP contribution in [0.25, 0.3) is 0 Å². The molecule has 0 aliphatic heterocycles. The molecule has 0 aliphatic carbocycles. The Morgan fingerprint density at radius 3 is 2.64 bits per heavy atom. The topological polar surface area (TPSA) is 41.1 Å². The Labute approximate surface area is 84.5 Å². The van der Waals surface area contributed by atoms with E-state index in [0.717, 1.165) is 17.7 Å². The van der Waals surface area contributed by atoms with E-state index in [4.69, 9.17) is 0 Å². The number of likely N-dealkylation sites (N-methyl/N-ethyl adjacent to an activating group) is 1. The molecule has 0 saturated carbocycles. The van der Waals surface area contributed by atoms with Crippen LogP contribution in [0.2, 0.25) is 0 Å². The maximum Gasteiger partial charge on any atom is 0.251 e. The third-order valence-corrected chi connectivity index (χ3v) is 2.05. The lowest BCUT2D eigenvalue weighted by Gasteiger charge is -2.06. The molecule has 0 atom stereocenters. The summed E-state index contributed by atoms with van der Waals surface area (Å²) in [5.74, 6) is -0.00153. The van der Waals surface area contributed by atoms with Crippen molar-refractivity contribution in [2.45, 2.75) is 6.92 Å². The fourth-order valence-corrected chi connectivity index (χ4v) is 1.22. The minimum Gasteiger partial charge on any atom is -0.351 e. The van der Waals surface area contributed by atoms with E-state index < -0.39 is 0 Å². The first-order valence-corrected chi connectivity index (χ1v) is 4.74. The minimum absolute atomic E-state index is 0.00153. The standard InChI is InChI=1S/C11H16N2O/c1-9-5-3-4-6-10(9)11(14)13-8-7-12-2/h3-6,12H,7-8H2,1-2H3,(H,13,14). The fraction of sp³-hybridized carbons (Fsp3) is 0.364. The van der Waals surface area contributed by atoms with Crippen molar-refractivity contribution in [3.05, 3.63) is 35.4 Å². The highest BCUT2D eigenvalue weighted by Crippen LogP contribution is 2.05. The number of hydrogen-bond donors (Lipinski definition) is 2. The van der Waals surface area contributed by atoms with E-state index in [0.29, 0.717) is 6.54 Å². The van der Waals surface area contributed by atoms with Gasteiger partial charge in [-0.3, -0.25) is 4.79 Å². The monoisotopic (exact) mass is 192 g/mol. The van der Waals surface area contributed by atoms with E-state index in [2.05, 4.69) is 10.6 Å². The normalized spacial score (nSPS) is 9.86. The zero-order valence-corrected chi connectivity index (χ0v) is 8.63. The number of rotatable bonds is 4. The number of nitrogens with one attached hydrogen (secondary N) is 2. The minimum atomic E-state index is -0.00153. The van der Waals surface area contributed by atoms with Gasteiger partial charge in [0.25, 0.3) is 5.91 Å². The van der Waals surface area contributed by atoms with Crippen molar-refractivity contribution in [3.8, 4) is 0 Å². The maximum absolute atomic E-state index is 11.6. The molecule has 76 valence electrons. The summed E-state index contributed by atoms with van der Waals surface area (Å²) in [6.07, 6.45) is 0. The van der Waals surface area contributed by atoms with Crippen molar-refractivity contribution in [1.29, 1.82) is 0 Å². The van der Waals surface area contributed by atoms with Gasteiger partial charge in [0.2, 0.25) is 0 Å². The summed E-state index contributed by atoms with van der Waals surface area (Å²) in [6, 6.07) is 7.58. The molecule has 0 aromatic heterocycles. The lowest BCUT2D eigenvalue weighted by molar-refractivity contribution is 0.0953. The van der Waals surface area contributed by atoms with Gasteiger partial charge in [-0.1, -0.05) is 18.2 Å². The van der Waals surface area contributed by atoms with Crippen LogP contribution in [-0.2, 0) is 0 Å². The van der Waals surface area contributed by atoms with Crippen LogP contribution in [0.4, 0.5) is 0 Å². The number of carbonyl (C=O) groups is 1. The van der Waals surface area contributed by atoms with Gasteiger partial charge in [0.05, 0.1) is 0 Å². The highest BCUT2D eigenvalue weighted by molar-refractivity contribution is 5.95. The van der Waals surface area contributed by atoms with E-state index in [-0.39, 0.29) is 5.91 Å². The molecule has 0 radical (unpaired) electrons. The molecule has 2 N–H and O–H groups in total. The predicted molar refractivity (Wildman–Crippen MR) is 57.4 cm³/mol. The molecule has 1 rings (SSSR count). The Hall–Kier alpha value is -1.35. The van der Waals surface area contributed by atoms with Crippen LogP contribution >= 0.6 is 0 Å². The zero-order valence-electron chi connectivity index (χ0n) is 8.63. The number of hydrogen-bond acceptors (Lipinski definition) is 2. The van der Waals surface area contributed by atoms with Crippen molar-refractivity contribution in [1.82, 2.24) is 10.6 Å². The largest absolute Gasteiger partial charge is 0.351 e. The Kier molecular flexibility index (Phi) is 4.13. The van der Waals surface area contributed by atoms with Gasteiger partial charge in [-0.05, 0) is 25.6 Å². The van der Waals surface area contributed by atoms with Crippen LogP contribution in [0.5, 0.6) is 0 Å². The summed E-state index contributed by atoms with van der Waals surface area (Å²) in [5, 5.41) is 5.81. The third kappa shape index (κ3) is 2.85. The molecule has 0 spiro atoms. The second-order valence-electron chi connectivity index (χ2n) is 3.17. The second kappa shape index (κ2) is 5.40. The molecule has 1 aromatic carbocycles. The lowest BCUT2D eigenvalue weighted by atomic mass is 10.1. The van der Waals surface area contributed by atoms with Gasteiger partial charge in [0.1, 0.15) is 0 Å². The molecular formula is C11H16N2O. The molecule has 1 aromatic rings. The first-order chi connectivity index (χ1) is 6.75. The third-order valence-electron chi connectivity index (χ3n) is 2.05. The molecule has 3 nitrogen and oxygen atoms in total. The van der Waals surface area contributed by atoms with Crippen molar-refractivity contribution in [3.63, 3.8) is 0 Å². The Morgan fingerprint density at radius 2 is 2.00 bits per heavy atom. The van der Waals surface area contributed by atoms with Gasteiger partial charge in [0, 0.05) is 18.7 Å². The molecule has 0 fully saturated rings. The molecule has 0 bridgehead atoms. The Morgan fingerprint density at radius 1 is 1.29 bits per heavy atom. The van der Waals surface area contributed by atoms with Gasteiger partial charge in [-0.2, -0.15) is 0 Å². The van der Waals surface area contributed by atoms with Gasteiger partial charge in [-0.25, -0.2) is 0 Å². The first kappa shape index (κ1) is 10.7. The number of amides is 1. The zero-order chi connectivity index (χ0) is 10.4. The van der Waals surface area contributed by atoms with Gasteiger partial charge >= 0.3 is 0 Å². The number of benzene rings is 1. The van der Waals surface area contributed by atoms with Crippen molar-refractivity contribution in [2.24, 2.45) is 0 Å². The summed E-state index contributed by atoms with van der Waals surface area (Å²) in [6.45, 7) is 3.38. The summed E-state index contributed by atoms with van der Waals surface area (Å²) >= 11 is 0. The fourth-order valence-electron chi connectivity index (χ4n) is 1.22. The maximum atomic E-state index is 11.6. The first-order valence-electron chi connectivity index (χ1n) is 4.74. The highest BCUT2D eigenvalue weighted by atomic mass is 16.1. The highest BCUT2D eigenvalue weighted by Gasteiger charge is 2.05. The molecule has 0 saturated heterocycles. The smallest absolute Gasteiger partial charge is 0.251 e. The molecule has 1 amide bonds. The lowest BCUT2D eigenvalue weighted by Crippen LogP contribution is -2.30. The Balaban J connectivity index is 2.56. The average molecular weight is 192 g/mol. The number of carbonyl (C=O) groups excluding carboxylic acids is 1. The molecule has 3 heteroatoms. The van der Waals surface area contributed by atoms with Crippen LogP contribution in [0.1, 0.15) is 15.9 Å². The summed E-state index contributed by atoms with van der Waals surface area (Å²) in [7, 11) is 1.86. The van der Waals surface area contributed by atoms with E-state index in [1.54, 1.807) is 0 Å². The van der Waals surface area contributed by atoms with Gasteiger partial charge < -0.3 is 10.6 Å².